The van der Waals surface area contributed by atoms with Crippen LogP contribution in [0.25, 0.3) is 10.9 Å². The molecule has 1 fully saturated rings. The molecule has 22 heavy (non-hydrogen) atoms. The first kappa shape index (κ1) is 14.6. The molecule has 116 valence electrons. The predicted octanol–water partition coefficient (Wildman–Crippen LogP) is 1.02. The Morgan fingerprint density at radius 1 is 1.41 bits per heavy atom. The fraction of sp³-hybridized carbons (Fsp3) is 0.375. The Balaban J connectivity index is 2.09. The highest BCUT2D eigenvalue weighted by molar-refractivity contribution is 5.95. The van der Waals surface area contributed by atoms with E-state index in [1.165, 1.54) is 0 Å². The standard InChI is InChI=1S/C16H20N4O2/c1-22-11-2-3-13-12(9-11)14(4-6-19-13)20-7-5-10(17)8-15(20)16(18)21/h2-4,6,9-10,15H,5,7-8,17H2,1H3,(H2,18,21). The van der Waals surface area contributed by atoms with E-state index in [2.05, 4.69) is 4.98 Å². The van der Waals surface area contributed by atoms with Crippen molar-refractivity contribution in [2.75, 3.05) is 18.6 Å². The minimum Gasteiger partial charge on any atom is -0.497 e. The number of methoxy groups -OCH3 is 1. The van der Waals surface area contributed by atoms with Gasteiger partial charge in [-0.05, 0) is 37.1 Å². The molecular formula is C16H20N4O2. The maximum Gasteiger partial charge on any atom is 0.240 e. The molecular weight excluding hydrogens is 280 g/mol. The molecule has 0 spiro atoms. The predicted molar refractivity (Wildman–Crippen MR) is 85.8 cm³/mol. The Labute approximate surface area is 129 Å². The van der Waals surface area contributed by atoms with Crippen LogP contribution in [-0.2, 0) is 4.79 Å². The summed E-state index contributed by atoms with van der Waals surface area (Å²) < 4.78 is 5.30. The first-order valence-electron chi connectivity index (χ1n) is 7.34. The number of anilines is 1. The number of pyridine rings is 1. The Hall–Kier alpha value is -2.34. The molecule has 1 aromatic carbocycles. The van der Waals surface area contributed by atoms with Gasteiger partial charge in [0.2, 0.25) is 5.91 Å². The van der Waals surface area contributed by atoms with E-state index < -0.39 is 0 Å². The molecule has 0 radical (unpaired) electrons. The molecule has 6 heteroatoms. The molecule has 2 heterocycles. The largest absolute Gasteiger partial charge is 0.497 e. The van der Waals surface area contributed by atoms with Gasteiger partial charge in [0.15, 0.2) is 0 Å². The minimum absolute atomic E-state index is 0.0105. The van der Waals surface area contributed by atoms with Crippen molar-refractivity contribution >= 4 is 22.5 Å². The molecule has 1 aromatic heterocycles. The topological polar surface area (TPSA) is 94.5 Å². The summed E-state index contributed by atoms with van der Waals surface area (Å²) in [6.45, 7) is 0.700. The van der Waals surface area contributed by atoms with Crippen LogP contribution in [0.5, 0.6) is 5.75 Å². The van der Waals surface area contributed by atoms with Gasteiger partial charge < -0.3 is 21.1 Å². The van der Waals surface area contributed by atoms with Crippen LogP contribution in [0.1, 0.15) is 12.8 Å². The summed E-state index contributed by atoms with van der Waals surface area (Å²) >= 11 is 0. The van der Waals surface area contributed by atoms with Crippen molar-refractivity contribution in [3.8, 4) is 5.75 Å². The van der Waals surface area contributed by atoms with Crippen molar-refractivity contribution in [1.82, 2.24) is 4.98 Å². The van der Waals surface area contributed by atoms with E-state index in [1.807, 2.05) is 29.2 Å². The number of rotatable bonds is 3. The number of amides is 1. The molecule has 4 N–H and O–H groups in total. The fourth-order valence-electron chi connectivity index (χ4n) is 3.04. The van der Waals surface area contributed by atoms with Crippen LogP contribution in [0.2, 0.25) is 0 Å². The Kier molecular flexibility index (Phi) is 3.85. The van der Waals surface area contributed by atoms with Gasteiger partial charge in [-0.1, -0.05) is 0 Å². The number of hydrogen-bond acceptors (Lipinski definition) is 5. The monoisotopic (exact) mass is 300 g/mol. The number of carbonyl (C=O) groups is 1. The molecule has 6 nitrogen and oxygen atoms in total. The minimum atomic E-state index is -0.388. The third kappa shape index (κ3) is 2.57. The maximum absolute atomic E-state index is 11.8. The van der Waals surface area contributed by atoms with Gasteiger partial charge in [-0.25, -0.2) is 0 Å². The van der Waals surface area contributed by atoms with Gasteiger partial charge in [0.25, 0.3) is 0 Å². The summed E-state index contributed by atoms with van der Waals surface area (Å²) in [7, 11) is 1.63. The molecule has 1 aliphatic rings. The van der Waals surface area contributed by atoms with Crippen molar-refractivity contribution in [3.05, 3.63) is 30.5 Å². The average molecular weight is 300 g/mol. The number of primary amides is 1. The first-order valence-corrected chi connectivity index (χ1v) is 7.34. The van der Waals surface area contributed by atoms with Crippen LogP contribution >= 0.6 is 0 Å². The fourth-order valence-corrected chi connectivity index (χ4v) is 3.04. The molecule has 0 saturated carbocycles. The van der Waals surface area contributed by atoms with E-state index >= 15 is 0 Å². The first-order chi connectivity index (χ1) is 10.6. The Morgan fingerprint density at radius 2 is 2.23 bits per heavy atom. The van der Waals surface area contributed by atoms with Gasteiger partial charge in [-0.15, -0.1) is 0 Å². The number of benzene rings is 1. The second-order valence-corrected chi connectivity index (χ2v) is 5.61. The molecule has 1 amide bonds. The molecule has 0 aliphatic carbocycles. The maximum atomic E-state index is 11.8. The lowest BCUT2D eigenvalue weighted by atomic mass is 9.96. The number of hydrogen-bond donors (Lipinski definition) is 2. The average Bonchev–Trinajstić information content (AvgIpc) is 2.53. The third-order valence-electron chi connectivity index (χ3n) is 4.21. The Bertz CT molecular complexity index is 704. The molecule has 2 unspecified atom stereocenters. The summed E-state index contributed by atoms with van der Waals surface area (Å²) in [6, 6.07) is 7.25. The van der Waals surface area contributed by atoms with Gasteiger partial charge in [0.05, 0.1) is 12.6 Å². The van der Waals surface area contributed by atoms with Gasteiger partial charge in [0.1, 0.15) is 11.8 Å². The van der Waals surface area contributed by atoms with Crippen LogP contribution in [-0.4, -0.2) is 36.6 Å². The van der Waals surface area contributed by atoms with Crippen molar-refractivity contribution in [1.29, 1.82) is 0 Å². The van der Waals surface area contributed by atoms with Gasteiger partial charge in [0, 0.05) is 29.9 Å². The number of carbonyl (C=O) groups excluding carboxylic acids is 1. The highest BCUT2D eigenvalue weighted by atomic mass is 16.5. The molecule has 1 aliphatic heterocycles. The van der Waals surface area contributed by atoms with Crippen LogP contribution in [0, 0.1) is 0 Å². The van der Waals surface area contributed by atoms with Crippen LogP contribution in [0.3, 0.4) is 0 Å². The number of nitrogens with zero attached hydrogens (tertiary/aromatic N) is 2. The van der Waals surface area contributed by atoms with E-state index in [-0.39, 0.29) is 18.0 Å². The number of nitrogens with two attached hydrogens (primary N) is 2. The van der Waals surface area contributed by atoms with Gasteiger partial charge in [-0.2, -0.15) is 0 Å². The zero-order valence-corrected chi connectivity index (χ0v) is 12.5. The second kappa shape index (κ2) is 5.81. The summed E-state index contributed by atoms with van der Waals surface area (Å²) in [6.07, 6.45) is 3.15. The van der Waals surface area contributed by atoms with E-state index in [4.69, 9.17) is 16.2 Å². The lowest BCUT2D eigenvalue weighted by molar-refractivity contribution is -0.119. The smallest absolute Gasteiger partial charge is 0.240 e. The van der Waals surface area contributed by atoms with Crippen molar-refractivity contribution in [3.63, 3.8) is 0 Å². The molecule has 2 aromatic rings. The van der Waals surface area contributed by atoms with Crippen LogP contribution in [0.15, 0.2) is 30.5 Å². The number of fused-ring (bicyclic) bond motifs is 1. The number of ether oxygens (including phenoxy) is 1. The van der Waals surface area contributed by atoms with E-state index in [0.29, 0.717) is 13.0 Å². The normalized spacial score (nSPS) is 21.8. The molecule has 2 atom stereocenters. The zero-order valence-electron chi connectivity index (χ0n) is 12.5. The van der Waals surface area contributed by atoms with Crippen LogP contribution < -0.4 is 21.1 Å². The SMILES string of the molecule is COc1ccc2nccc(N3CCC(N)CC3C(N)=O)c2c1. The highest BCUT2D eigenvalue weighted by Crippen LogP contribution is 2.32. The molecule has 0 bridgehead atoms. The Morgan fingerprint density at radius 3 is 2.95 bits per heavy atom. The number of aromatic nitrogens is 1. The van der Waals surface area contributed by atoms with E-state index in [0.717, 1.165) is 28.8 Å². The lowest BCUT2D eigenvalue weighted by Gasteiger charge is -2.38. The summed E-state index contributed by atoms with van der Waals surface area (Å²) in [5.41, 5.74) is 13.4. The van der Waals surface area contributed by atoms with Gasteiger partial charge in [-0.3, -0.25) is 9.78 Å². The van der Waals surface area contributed by atoms with Crippen LogP contribution in [0.4, 0.5) is 5.69 Å². The van der Waals surface area contributed by atoms with Crippen molar-refractivity contribution < 1.29 is 9.53 Å². The zero-order chi connectivity index (χ0) is 15.7. The van der Waals surface area contributed by atoms with E-state index in [9.17, 15) is 4.79 Å². The van der Waals surface area contributed by atoms with Gasteiger partial charge >= 0.3 is 0 Å². The van der Waals surface area contributed by atoms with Crippen molar-refractivity contribution in [2.45, 2.75) is 24.9 Å². The third-order valence-corrected chi connectivity index (χ3v) is 4.21. The summed E-state index contributed by atoms with van der Waals surface area (Å²) in [4.78, 5) is 18.2. The summed E-state index contributed by atoms with van der Waals surface area (Å²) in [5.74, 6) is 0.411. The quantitative estimate of drug-likeness (QED) is 0.882. The molecule has 1 saturated heterocycles. The van der Waals surface area contributed by atoms with Crippen molar-refractivity contribution in [2.24, 2.45) is 11.5 Å². The van der Waals surface area contributed by atoms with E-state index in [1.54, 1.807) is 13.3 Å². The molecule has 3 rings (SSSR count). The number of piperidine rings is 1. The highest BCUT2D eigenvalue weighted by Gasteiger charge is 2.31. The second-order valence-electron chi connectivity index (χ2n) is 5.61. The summed E-state index contributed by atoms with van der Waals surface area (Å²) in [5, 5.41) is 0.948. The lowest BCUT2D eigenvalue weighted by Crippen LogP contribution is -2.53.